The van der Waals surface area contributed by atoms with Crippen molar-refractivity contribution in [3.8, 4) is 0 Å². The van der Waals surface area contributed by atoms with Crippen LogP contribution in [0.25, 0.3) is 0 Å². The topological polar surface area (TPSA) is 41.1 Å². The number of rotatable bonds is 6. The minimum absolute atomic E-state index is 0.0587. The number of allylic oxidation sites excluding steroid dienone is 1. The molecule has 0 aromatic heterocycles. The minimum Gasteiger partial charge on any atom is -0.367 e. The Morgan fingerprint density at radius 1 is 1.47 bits per heavy atom. The quantitative estimate of drug-likeness (QED) is 0.656. The summed E-state index contributed by atoms with van der Waals surface area (Å²) in [6.45, 7) is 2.98. The molecule has 1 rings (SSSR count). The van der Waals surface area contributed by atoms with Crippen LogP contribution in [0.1, 0.15) is 39.0 Å². The van der Waals surface area contributed by atoms with Crippen LogP contribution in [0.3, 0.4) is 0 Å². The van der Waals surface area contributed by atoms with Crippen LogP contribution >= 0.6 is 0 Å². The van der Waals surface area contributed by atoms with E-state index in [1.807, 2.05) is 12.3 Å². The zero-order valence-corrected chi connectivity index (χ0v) is 9.38. The molecule has 1 amide bonds. The second-order valence-corrected chi connectivity index (χ2v) is 3.76. The van der Waals surface area contributed by atoms with E-state index in [1.165, 1.54) is 19.3 Å². The van der Waals surface area contributed by atoms with Gasteiger partial charge in [-0.1, -0.05) is 32.3 Å². The normalized spacial score (nSPS) is 14.3. The van der Waals surface area contributed by atoms with Gasteiger partial charge in [-0.2, -0.15) is 0 Å². The van der Waals surface area contributed by atoms with E-state index in [9.17, 15) is 4.79 Å². The van der Waals surface area contributed by atoms with Gasteiger partial charge in [-0.05, 0) is 19.0 Å². The van der Waals surface area contributed by atoms with Gasteiger partial charge in [0.1, 0.15) is 0 Å². The summed E-state index contributed by atoms with van der Waals surface area (Å²) in [4.78, 5) is 11.6. The molecule has 84 valence electrons. The van der Waals surface area contributed by atoms with Crippen LogP contribution in [0, 0.1) is 0 Å². The highest BCUT2D eigenvalue weighted by molar-refractivity contribution is 5.93. The SMILES string of the molecule is CCCCCCNC(=O)C1=CNC=CC1. The van der Waals surface area contributed by atoms with E-state index in [0.717, 1.165) is 25.0 Å². The molecule has 0 aliphatic carbocycles. The largest absolute Gasteiger partial charge is 0.367 e. The number of carbonyl (C=O) groups excluding carboxylic acids is 1. The van der Waals surface area contributed by atoms with Gasteiger partial charge in [-0.25, -0.2) is 0 Å². The lowest BCUT2D eigenvalue weighted by atomic mass is 10.1. The maximum Gasteiger partial charge on any atom is 0.248 e. The molecular formula is C12H20N2O. The Labute approximate surface area is 91.6 Å². The maximum absolute atomic E-state index is 11.6. The van der Waals surface area contributed by atoms with E-state index in [2.05, 4.69) is 17.6 Å². The van der Waals surface area contributed by atoms with E-state index in [4.69, 9.17) is 0 Å². The molecule has 0 atom stereocenters. The van der Waals surface area contributed by atoms with Crippen LogP contribution in [0.15, 0.2) is 24.0 Å². The first-order chi connectivity index (χ1) is 7.34. The second-order valence-electron chi connectivity index (χ2n) is 3.76. The van der Waals surface area contributed by atoms with Crippen molar-refractivity contribution < 1.29 is 4.79 Å². The number of dihydropyridines is 1. The van der Waals surface area contributed by atoms with E-state index >= 15 is 0 Å². The van der Waals surface area contributed by atoms with Crippen LogP contribution in [-0.2, 0) is 4.79 Å². The van der Waals surface area contributed by atoms with Crippen molar-refractivity contribution in [1.29, 1.82) is 0 Å². The van der Waals surface area contributed by atoms with Gasteiger partial charge in [0.15, 0.2) is 0 Å². The lowest BCUT2D eigenvalue weighted by Crippen LogP contribution is -2.27. The molecule has 0 radical (unpaired) electrons. The van der Waals surface area contributed by atoms with E-state index in [1.54, 1.807) is 6.20 Å². The molecule has 0 aromatic rings. The van der Waals surface area contributed by atoms with Gasteiger partial charge >= 0.3 is 0 Å². The summed E-state index contributed by atoms with van der Waals surface area (Å²) in [6.07, 6.45) is 11.1. The van der Waals surface area contributed by atoms with Gasteiger partial charge in [0.25, 0.3) is 0 Å². The average molecular weight is 208 g/mol. The first-order valence-corrected chi connectivity index (χ1v) is 5.73. The Morgan fingerprint density at radius 2 is 2.33 bits per heavy atom. The van der Waals surface area contributed by atoms with Gasteiger partial charge in [0.2, 0.25) is 5.91 Å². The predicted octanol–water partition coefficient (Wildman–Crippen LogP) is 2.07. The second kappa shape index (κ2) is 7.10. The van der Waals surface area contributed by atoms with Crippen LogP contribution in [0.4, 0.5) is 0 Å². The lowest BCUT2D eigenvalue weighted by molar-refractivity contribution is -0.117. The molecule has 0 bridgehead atoms. The van der Waals surface area contributed by atoms with Gasteiger partial charge in [-0.15, -0.1) is 0 Å². The number of hydrogen-bond acceptors (Lipinski definition) is 2. The molecule has 0 saturated heterocycles. The third kappa shape index (κ3) is 4.68. The molecule has 15 heavy (non-hydrogen) atoms. The summed E-state index contributed by atoms with van der Waals surface area (Å²) in [5.41, 5.74) is 0.813. The third-order valence-electron chi connectivity index (χ3n) is 2.42. The summed E-state index contributed by atoms with van der Waals surface area (Å²) in [5, 5.41) is 5.85. The van der Waals surface area contributed by atoms with E-state index in [-0.39, 0.29) is 5.91 Å². The maximum atomic E-state index is 11.6. The number of nitrogens with one attached hydrogen (secondary N) is 2. The third-order valence-corrected chi connectivity index (χ3v) is 2.42. The van der Waals surface area contributed by atoms with Gasteiger partial charge in [-0.3, -0.25) is 4.79 Å². The molecule has 3 nitrogen and oxygen atoms in total. The van der Waals surface area contributed by atoms with E-state index in [0.29, 0.717) is 0 Å². The van der Waals surface area contributed by atoms with Crippen molar-refractivity contribution in [2.45, 2.75) is 39.0 Å². The summed E-state index contributed by atoms with van der Waals surface area (Å²) in [7, 11) is 0. The standard InChI is InChI=1S/C12H20N2O/c1-2-3-4-5-9-14-12(15)11-7-6-8-13-10-11/h6,8,10,13H,2-5,7,9H2,1H3,(H,14,15). The van der Waals surface area contributed by atoms with Gasteiger partial charge < -0.3 is 10.6 Å². The zero-order valence-electron chi connectivity index (χ0n) is 9.38. The van der Waals surface area contributed by atoms with Crippen molar-refractivity contribution in [1.82, 2.24) is 10.6 Å². The van der Waals surface area contributed by atoms with Crippen LogP contribution in [0.5, 0.6) is 0 Å². The Morgan fingerprint density at radius 3 is 3.00 bits per heavy atom. The van der Waals surface area contributed by atoms with Crippen molar-refractivity contribution >= 4 is 5.91 Å². The highest BCUT2D eigenvalue weighted by Gasteiger charge is 2.08. The summed E-state index contributed by atoms with van der Waals surface area (Å²) in [6, 6.07) is 0. The molecule has 0 saturated carbocycles. The monoisotopic (exact) mass is 208 g/mol. The Hall–Kier alpha value is -1.25. The van der Waals surface area contributed by atoms with Crippen LogP contribution < -0.4 is 10.6 Å². The average Bonchev–Trinajstić information content (AvgIpc) is 2.30. The molecular weight excluding hydrogens is 188 g/mol. The van der Waals surface area contributed by atoms with Crippen molar-refractivity contribution in [2.75, 3.05) is 6.54 Å². The zero-order chi connectivity index (χ0) is 10.9. The van der Waals surface area contributed by atoms with Crippen LogP contribution in [0.2, 0.25) is 0 Å². The molecule has 0 unspecified atom stereocenters. The summed E-state index contributed by atoms with van der Waals surface area (Å²) in [5.74, 6) is 0.0587. The summed E-state index contributed by atoms with van der Waals surface area (Å²) < 4.78 is 0. The number of amides is 1. The van der Waals surface area contributed by atoms with Crippen molar-refractivity contribution in [3.05, 3.63) is 24.0 Å². The first-order valence-electron chi connectivity index (χ1n) is 5.73. The number of carbonyl (C=O) groups is 1. The molecule has 1 heterocycles. The highest BCUT2D eigenvalue weighted by Crippen LogP contribution is 2.05. The Bertz CT molecular complexity index is 256. The van der Waals surface area contributed by atoms with Crippen molar-refractivity contribution in [2.24, 2.45) is 0 Å². The van der Waals surface area contributed by atoms with Gasteiger partial charge in [0, 0.05) is 18.3 Å². The molecule has 0 spiro atoms. The lowest BCUT2D eigenvalue weighted by Gasteiger charge is -2.09. The Kier molecular flexibility index (Phi) is 5.59. The predicted molar refractivity (Wildman–Crippen MR) is 62.1 cm³/mol. The van der Waals surface area contributed by atoms with Crippen molar-refractivity contribution in [3.63, 3.8) is 0 Å². The molecule has 1 aliphatic heterocycles. The Balaban J connectivity index is 2.10. The molecule has 1 aliphatic rings. The van der Waals surface area contributed by atoms with Gasteiger partial charge in [0.05, 0.1) is 0 Å². The minimum atomic E-state index is 0.0587. The molecule has 3 heteroatoms. The first kappa shape index (κ1) is 11.8. The summed E-state index contributed by atoms with van der Waals surface area (Å²) >= 11 is 0. The number of unbranched alkanes of at least 4 members (excludes halogenated alkanes) is 3. The fraction of sp³-hybridized carbons (Fsp3) is 0.583. The molecule has 0 fully saturated rings. The fourth-order valence-corrected chi connectivity index (χ4v) is 1.49. The molecule has 0 aromatic carbocycles. The molecule has 2 N–H and O–H groups in total. The van der Waals surface area contributed by atoms with Crippen LogP contribution in [-0.4, -0.2) is 12.5 Å². The number of hydrogen-bond donors (Lipinski definition) is 2. The van der Waals surface area contributed by atoms with E-state index < -0.39 is 0 Å². The smallest absolute Gasteiger partial charge is 0.248 e. The highest BCUT2D eigenvalue weighted by atomic mass is 16.1. The fourth-order valence-electron chi connectivity index (χ4n) is 1.49.